The van der Waals surface area contributed by atoms with E-state index in [1.54, 1.807) is 11.1 Å². The molecule has 0 aromatic heterocycles. The Balaban J connectivity index is 1.84. The Bertz CT molecular complexity index is 817. The molecule has 0 fully saturated rings. The Morgan fingerprint density at radius 1 is 0.852 bits per heavy atom. The molecule has 0 radical (unpaired) electrons. The second-order valence-corrected chi connectivity index (χ2v) is 10.8. The van der Waals surface area contributed by atoms with Crippen molar-refractivity contribution >= 4 is 5.69 Å². The monoisotopic (exact) mass is 363 g/mol. The van der Waals surface area contributed by atoms with E-state index < -0.39 is 0 Å². The van der Waals surface area contributed by atoms with Crippen LogP contribution in [0.1, 0.15) is 89.1 Å². The Kier molecular flexibility index (Phi) is 4.95. The highest BCUT2D eigenvalue weighted by atomic mass is 14.9. The Morgan fingerprint density at radius 3 is 1.89 bits per heavy atom. The lowest BCUT2D eigenvalue weighted by Crippen LogP contribution is -2.34. The quantitative estimate of drug-likeness (QED) is 0.605. The molecule has 1 nitrogen and oxygen atoms in total. The molecule has 1 aliphatic rings. The van der Waals surface area contributed by atoms with Crippen molar-refractivity contribution in [1.29, 1.82) is 0 Å². The van der Waals surface area contributed by atoms with Gasteiger partial charge < -0.3 is 5.32 Å². The molecular weight excluding hydrogens is 326 g/mol. The molecule has 0 bridgehead atoms. The van der Waals surface area contributed by atoms with Gasteiger partial charge in [0.2, 0.25) is 0 Å². The molecule has 1 N–H and O–H groups in total. The number of hydrogen-bond acceptors (Lipinski definition) is 1. The number of aryl methyl sites for hydroxylation is 1. The molecule has 0 atom stereocenters. The topological polar surface area (TPSA) is 12.0 Å². The first-order valence-corrected chi connectivity index (χ1v) is 10.4. The van der Waals surface area contributed by atoms with Crippen molar-refractivity contribution in [3.05, 3.63) is 64.2 Å². The van der Waals surface area contributed by atoms with Gasteiger partial charge in [0.05, 0.1) is 0 Å². The number of nitrogens with one attached hydrogen (secondary N) is 1. The van der Waals surface area contributed by atoms with Gasteiger partial charge >= 0.3 is 0 Å². The molecule has 27 heavy (non-hydrogen) atoms. The van der Waals surface area contributed by atoms with Crippen molar-refractivity contribution < 1.29 is 0 Å². The molecular formula is C26H37N. The maximum absolute atomic E-state index is 3.64. The summed E-state index contributed by atoms with van der Waals surface area (Å²) in [5.41, 5.74) is 9.23. The summed E-state index contributed by atoms with van der Waals surface area (Å²) in [6.45, 7) is 19.5. The molecule has 0 saturated heterocycles. The van der Waals surface area contributed by atoms with E-state index in [1.165, 1.54) is 35.2 Å². The first-order valence-electron chi connectivity index (χ1n) is 10.4. The summed E-state index contributed by atoms with van der Waals surface area (Å²) in [4.78, 5) is 0. The van der Waals surface area contributed by atoms with Crippen LogP contribution in [-0.4, -0.2) is 0 Å². The van der Waals surface area contributed by atoms with Crippen molar-refractivity contribution in [2.45, 2.75) is 91.0 Å². The molecule has 146 valence electrons. The number of anilines is 1. The molecule has 0 saturated carbocycles. The molecule has 0 spiro atoms. The molecule has 0 amide bonds. The van der Waals surface area contributed by atoms with Crippen LogP contribution in [-0.2, 0) is 22.8 Å². The van der Waals surface area contributed by atoms with E-state index in [4.69, 9.17) is 0 Å². The Morgan fingerprint density at radius 2 is 1.37 bits per heavy atom. The van der Waals surface area contributed by atoms with Gasteiger partial charge in [-0.05, 0) is 76.0 Å². The Labute approximate surface area is 166 Å². The smallest absolute Gasteiger partial charge is 0.0403 e. The maximum atomic E-state index is 3.64. The molecule has 1 aliphatic carbocycles. The van der Waals surface area contributed by atoms with E-state index in [1.807, 2.05) is 0 Å². The zero-order chi connectivity index (χ0) is 20.0. The summed E-state index contributed by atoms with van der Waals surface area (Å²) in [5, 5.41) is 3.64. The van der Waals surface area contributed by atoms with Crippen LogP contribution in [0.3, 0.4) is 0 Å². The number of hydrogen-bond donors (Lipinski definition) is 1. The van der Waals surface area contributed by atoms with E-state index in [0.29, 0.717) is 0 Å². The van der Waals surface area contributed by atoms with E-state index in [9.17, 15) is 0 Å². The summed E-state index contributed by atoms with van der Waals surface area (Å²) in [7, 11) is 0. The van der Waals surface area contributed by atoms with Crippen LogP contribution in [0, 0.1) is 6.92 Å². The first-order chi connectivity index (χ1) is 12.4. The summed E-state index contributed by atoms with van der Waals surface area (Å²) in [6, 6.07) is 13.8. The predicted octanol–water partition coefficient (Wildman–Crippen LogP) is 7.25. The van der Waals surface area contributed by atoms with Crippen LogP contribution >= 0.6 is 0 Å². The summed E-state index contributed by atoms with van der Waals surface area (Å²) in [5.74, 6) is 0. The highest BCUT2D eigenvalue weighted by molar-refractivity contribution is 5.50. The lowest BCUT2D eigenvalue weighted by atomic mass is 9.62. The van der Waals surface area contributed by atoms with E-state index in [-0.39, 0.29) is 16.2 Å². The average molecular weight is 364 g/mol. The summed E-state index contributed by atoms with van der Waals surface area (Å²) >= 11 is 0. The van der Waals surface area contributed by atoms with Gasteiger partial charge in [-0.3, -0.25) is 0 Å². The third-order valence-electron chi connectivity index (χ3n) is 6.54. The molecule has 2 aromatic rings. The molecule has 0 heterocycles. The van der Waals surface area contributed by atoms with Crippen molar-refractivity contribution in [3.63, 3.8) is 0 Å². The lowest BCUT2D eigenvalue weighted by molar-refractivity contribution is 0.331. The van der Waals surface area contributed by atoms with Crippen LogP contribution in [0.4, 0.5) is 5.69 Å². The van der Waals surface area contributed by atoms with Gasteiger partial charge in [0.1, 0.15) is 0 Å². The van der Waals surface area contributed by atoms with Crippen LogP contribution in [0.5, 0.6) is 0 Å². The van der Waals surface area contributed by atoms with Crippen LogP contribution in [0.2, 0.25) is 0 Å². The fourth-order valence-electron chi connectivity index (χ4n) is 4.24. The number of benzene rings is 2. The van der Waals surface area contributed by atoms with Crippen LogP contribution < -0.4 is 5.32 Å². The minimum atomic E-state index is 0.200. The summed E-state index contributed by atoms with van der Waals surface area (Å²) in [6.07, 6.45) is 2.53. The third-order valence-corrected chi connectivity index (χ3v) is 6.54. The normalized spacial score (nSPS) is 18.1. The minimum absolute atomic E-state index is 0.200. The Hall–Kier alpha value is -1.76. The average Bonchev–Trinajstić information content (AvgIpc) is 2.57. The maximum Gasteiger partial charge on any atom is 0.0403 e. The molecule has 1 heteroatoms. The fourth-order valence-corrected chi connectivity index (χ4v) is 4.24. The first kappa shape index (κ1) is 20.0. The minimum Gasteiger partial charge on any atom is -0.381 e. The second-order valence-electron chi connectivity index (χ2n) is 10.8. The summed E-state index contributed by atoms with van der Waals surface area (Å²) < 4.78 is 0. The van der Waals surface area contributed by atoms with Gasteiger partial charge in [-0.2, -0.15) is 0 Å². The van der Waals surface area contributed by atoms with Crippen LogP contribution in [0.25, 0.3) is 0 Å². The molecule has 0 unspecified atom stereocenters. The highest BCUT2D eigenvalue weighted by Crippen LogP contribution is 2.46. The molecule has 2 aromatic carbocycles. The number of rotatable bonds is 3. The van der Waals surface area contributed by atoms with Crippen LogP contribution in [0.15, 0.2) is 36.4 Å². The molecule has 3 rings (SSSR count). The van der Waals surface area contributed by atoms with E-state index >= 15 is 0 Å². The fraction of sp³-hybridized carbons (Fsp3) is 0.538. The van der Waals surface area contributed by atoms with Gasteiger partial charge in [0, 0.05) is 12.2 Å². The van der Waals surface area contributed by atoms with Crippen molar-refractivity contribution in [2.24, 2.45) is 0 Å². The van der Waals surface area contributed by atoms with Crippen molar-refractivity contribution in [2.75, 3.05) is 5.32 Å². The molecule has 0 aliphatic heterocycles. The lowest BCUT2D eigenvalue weighted by Gasteiger charge is -2.42. The predicted molar refractivity (Wildman–Crippen MR) is 119 cm³/mol. The zero-order valence-electron chi connectivity index (χ0n) is 18.6. The third kappa shape index (κ3) is 4.08. The largest absolute Gasteiger partial charge is 0.381 e. The number of fused-ring (bicyclic) bond motifs is 1. The highest BCUT2D eigenvalue weighted by Gasteiger charge is 2.37. The van der Waals surface area contributed by atoms with Crippen molar-refractivity contribution in [1.82, 2.24) is 0 Å². The van der Waals surface area contributed by atoms with Gasteiger partial charge in [0.15, 0.2) is 0 Å². The van der Waals surface area contributed by atoms with Gasteiger partial charge in [-0.25, -0.2) is 0 Å². The van der Waals surface area contributed by atoms with E-state index in [2.05, 4.69) is 97.1 Å². The SMILES string of the molecule is Cc1cc2c(cc1CNc1ccc(C(C)(C)C)cc1)C(C)(C)CCC2(C)C. The van der Waals surface area contributed by atoms with Crippen molar-refractivity contribution in [3.8, 4) is 0 Å². The van der Waals surface area contributed by atoms with Gasteiger partial charge in [-0.1, -0.05) is 72.7 Å². The standard InChI is InChI=1S/C26H37N/c1-18-15-22-23(26(7,8)14-13-25(22,5)6)16-19(18)17-27-21-11-9-20(10-12-21)24(2,3)4/h9-12,15-16,27H,13-14,17H2,1-8H3. The van der Waals surface area contributed by atoms with Gasteiger partial charge in [-0.15, -0.1) is 0 Å². The second kappa shape index (κ2) is 6.69. The van der Waals surface area contributed by atoms with Gasteiger partial charge in [0.25, 0.3) is 0 Å². The zero-order valence-corrected chi connectivity index (χ0v) is 18.6. The van der Waals surface area contributed by atoms with E-state index in [0.717, 1.165) is 6.54 Å².